The molecule has 0 aliphatic carbocycles. The summed E-state index contributed by atoms with van der Waals surface area (Å²) in [5.41, 5.74) is 12.1. The van der Waals surface area contributed by atoms with Crippen LogP contribution in [0.25, 0.3) is 0 Å². The van der Waals surface area contributed by atoms with Gasteiger partial charge >= 0.3 is 0 Å². The average Bonchev–Trinajstić information content (AvgIpc) is 2.46. The molecule has 0 fully saturated rings. The summed E-state index contributed by atoms with van der Waals surface area (Å²) in [4.78, 5) is 5.50. The molecule has 0 heterocycles. The van der Waals surface area contributed by atoms with Crippen molar-refractivity contribution in [3.05, 3.63) is 64.7 Å². The second kappa shape index (κ2) is 6.93. The zero-order valence-electron chi connectivity index (χ0n) is 12.9. The van der Waals surface area contributed by atoms with Gasteiger partial charge in [0, 0.05) is 11.3 Å². The van der Waals surface area contributed by atoms with E-state index in [9.17, 15) is 0 Å². The molecule has 0 amide bonds. The lowest BCUT2D eigenvalue weighted by atomic mass is 10.0. The number of anilines is 1. The summed E-state index contributed by atoms with van der Waals surface area (Å²) in [5.74, 6) is 0. The zero-order valence-corrected chi connectivity index (χ0v) is 12.9. The van der Waals surface area contributed by atoms with Gasteiger partial charge in [-0.2, -0.15) is 0 Å². The number of aryl methyl sites for hydroxylation is 2. The fourth-order valence-corrected chi connectivity index (χ4v) is 2.24. The van der Waals surface area contributed by atoms with E-state index in [2.05, 4.69) is 44.1 Å². The maximum absolute atomic E-state index is 5.66. The summed E-state index contributed by atoms with van der Waals surface area (Å²) in [6.45, 7) is 6.74. The highest BCUT2D eigenvalue weighted by atomic mass is 16.6. The van der Waals surface area contributed by atoms with Crippen LogP contribution in [0.5, 0.6) is 0 Å². The second-order valence-electron chi connectivity index (χ2n) is 5.22. The summed E-state index contributed by atoms with van der Waals surface area (Å²) in [6.07, 6.45) is 0.839. The predicted octanol–water partition coefficient (Wildman–Crippen LogP) is 4.22. The Kier molecular flexibility index (Phi) is 4.99. The zero-order chi connectivity index (χ0) is 15.2. The minimum Gasteiger partial charge on any atom is -0.399 e. The van der Waals surface area contributed by atoms with Crippen LogP contribution in [0, 0.1) is 13.8 Å². The maximum atomic E-state index is 5.66. The van der Waals surface area contributed by atoms with Crippen LogP contribution >= 0.6 is 0 Å². The molecule has 0 unspecified atom stereocenters. The number of benzene rings is 2. The van der Waals surface area contributed by atoms with Crippen LogP contribution in [-0.4, -0.2) is 5.71 Å². The number of hydrogen-bond donors (Lipinski definition) is 1. The average molecular weight is 282 g/mol. The lowest BCUT2D eigenvalue weighted by Gasteiger charge is -2.09. The number of hydrogen-bond acceptors (Lipinski definition) is 3. The molecule has 0 aliphatic heterocycles. The number of nitrogens with zero attached hydrogens (tertiary/aromatic N) is 1. The largest absolute Gasteiger partial charge is 0.399 e. The molecular formula is C18H22N2O. The third kappa shape index (κ3) is 4.09. The molecule has 0 aromatic heterocycles. The normalized spacial score (nSPS) is 11.5. The van der Waals surface area contributed by atoms with Crippen molar-refractivity contribution in [2.24, 2.45) is 5.16 Å². The van der Waals surface area contributed by atoms with E-state index >= 15 is 0 Å². The Balaban J connectivity index is 2.08. The van der Waals surface area contributed by atoms with Gasteiger partial charge in [-0.15, -0.1) is 0 Å². The van der Waals surface area contributed by atoms with Gasteiger partial charge < -0.3 is 10.6 Å². The van der Waals surface area contributed by atoms with E-state index in [4.69, 9.17) is 10.6 Å². The molecule has 2 aromatic carbocycles. The fourth-order valence-electron chi connectivity index (χ4n) is 2.24. The molecule has 3 heteroatoms. The van der Waals surface area contributed by atoms with Crippen LogP contribution in [0.15, 0.2) is 47.6 Å². The van der Waals surface area contributed by atoms with Crippen LogP contribution in [0.4, 0.5) is 5.69 Å². The van der Waals surface area contributed by atoms with Crippen molar-refractivity contribution in [3.63, 3.8) is 0 Å². The molecule has 0 saturated heterocycles. The lowest BCUT2D eigenvalue weighted by molar-refractivity contribution is 0.130. The molecule has 0 spiro atoms. The molecule has 0 aliphatic rings. The first-order valence-electron chi connectivity index (χ1n) is 7.21. The monoisotopic (exact) mass is 282 g/mol. The molecular weight excluding hydrogens is 260 g/mol. The molecule has 3 nitrogen and oxygen atoms in total. The Bertz CT molecular complexity index is 630. The predicted molar refractivity (Wildman–Crippen MR) is 88.4 cm³/mol. The minimum absolute atomic E-state index is 0.453. The number of rotatable bonds is 5. The molecule has 110 valence electrons. The Labute approximate surface area is 126 Å². The number of oxime groups is 1. The molecule has 0 bridgehead atoms. The van der Waals surface area contributed by atoms with Crippen LogP contribution in [0.2, 0.25) is 0 Å². The highest BCUT2D eigenvalue weighted by Gasteiger charge is 2.06. The van der Waals surface area contributed by atoms with Crippen molar-refractivity contribution in [2.45, 2.75) is 33.8 Å². The quantitative estimate of drug-likeness (QED) is 0.507. The van der Waals surface area contributed by atoms with E-state index in [1.54, 1.807) is 0 Å². The molecule has 2 N–H and O–H groups in total. The standard InChI is InChI=1S/C18H22N2O/c1-4-18(17-10-5-13(2)11-14(17)3)20-21-12-15-6-8-16(19)9-7-15/h5-11H,4,12,19H2,1-3H3/b20-18+. The molecule has 0 saturated carbocycles. The maximum Gasteiger partial charge on any atom is 0.142 e. The van der Waals surface area contributed by atoms with E-state index in [0.29, 0.717) is 6.61 Å². The summed E-state index contributed by atoms with van der Waals surface area (Å²) < 4.78 is 0. The Hall–Kier alpha value is -2.29. The first-order chi connectivity index (χ1) is 10.1. The molecule has 0 atom stereocenters. The third-order valence-electron chi connectivity index (χ3n) is 3.41. The van der Waals surface area contributed by atoms with Gasteiger partial charge in [0.25, 0.3) is 0 Å². The molecule has 2 aromatic rings. The fraction of sp³-hybridized carbons (Fsp3) is 0.278. The van der Waals surface area contributed by atoms with Gasteiger partial charge in [0.2, 0.25) is 0 Å². The van der Waals surface area contributed by atoms with E-state index in [0.717, 1.165) is 28.9 Å². The van der Waals surface area contributed by atoms with E-state index in [1.807, 2.05) is 24.3 Å². The van der Waals surface area contributed by atoms with Crippen molar-refractivity contribution in [1.29, 1.82) is 0 Å². The first-order valence-corrected chi connectivity index (χ1v) is 7.21. The van der Waals surface area contributed by atoms with Crippen LogP contribution in [-0.2, 0) is 11.4 Å². The van der Waals surface area contributed by atoms with Crippen molar-refractivity contribution in [2.75, 3.05) is 5.73 Å². The summed E-state index contributed by atoms with van der Waals surface area (Å²) >= 11 is 0. The van der Waals surface area contributed by atoms with Gasteiger partial charge in [-0.1, -0.05) is 48.0 Å². The highest BCUT2D eigenvalue weighted by molar-refractivity contribution is 6.01. The smallest absolute Gasteiger partial charge is 0.142 e. The highest BCUT2D eigenvalue weighted by Crippen LogP contribution is 2.14. The van der Waals surface area contributed by atoms with Gasteiger partial charge in [-0.25, -0.2) is 0 Å². The second-order valence-corrected chi connectivity index (χ2v) is 5.22. The Morgan fingerprint density at radius 1 is 1.10 bits per heavy atom. The van der Waals surface area contributed by atoms with Crippen molar-refractivity contribution in [3.8, 4) is 0 Å². The van der Waals surface area contributed by atoms with Crippen molar-refractivity contribution in [1.82, 2.24) is 0 Å². The number of nitrogen functional groups attached to an aromatic ring is 1. The SMILES string of the molecule is CC/C(=N\OCc1ccc(N)cc1)c1ccc(C)cc1C. The van der Waals surface area contributed by atoms with Crippen molar-refractivity contribution < 1.29 is 4.84 Å². The Morgan fingerprint density at radius 3 is 2.43 bits per heavy atom. The summed E-state index contributed by atoms with van der Waals surface area (Å²) in [6, 6.07) is 14.0. The topological polar surface area (TPSA) is 47.6 Å². The van der Waals surface area contributed by atoms with Crippen LogP contribution in [0.3, 0.4) is 0 Å². The van der Waals surface area contributed by atoms with Gasteiger partial charge in [0.05, 0.1) is 5.71 Å². The van der Waals surface area contributed by atoms with Gasteiger partial charge in [-0.3, -0.25) is 0 Å². The lowest BCUT2D eigenvalue weighted by Crippen LogP contribution is -2.03. The minimum atomic E-state index is 0.453. The van der Waals surface area contributed by atoms with E-state index in [1.165, 1.54) is 11.1 Å². The van der Waals surface area contributed by atoms with Crippen LogP contribution in [0.1, 0.15) is 35.6 Å². The van der Waals surface area contributed by atoms with Crippen LogP contribution < -0.4 is 5.73 Å². The number of nitrogens with two attached hydrogens (primary N) is 1. The van der Waals surface area contributed by atoms with Gasteiger partial charge in [-0.05, 0) is 43.5 Å². The first kappa shape index (κ1) is 15.1. The molecule has 2 rings (SSSR count). The molecule has 21 heavy (non-hydrogen) atoms. The molecule has 0 radical (unpaired) electrons. The Morgan fingerprint density at radius 2 is 1.81 bits per heavy atom. The summed E-state index contributed by atoms with van der Waals surface area (Å²) in [7, 11) is 0. The third-order valence-corrected chi connectivity index (χ3v) is 3.41. The van der Waals surface area contributed by atoms with E-state index < -0.39 is 0 Å². The van der Waals surface area contributed by atoms with Gasteiger partial charge in [0.15, 0.2) is 0 Å². The summed E-state index contributed by atoms with van der Waals surface area (Å²) in [5, 5.41) is 4.31. The van der Waals surface area contributed by atoms with E-state index in [-0.39, 0.29) is 0 Å². The van der Waals surface area contributed by atoms with Gasteiger partial charge in [0.1, 0.15) is 6.61 Å². The van der Waals surface area contributed by atoms with Crippen molar-refractivity contribution >= 4 is 11.4 Å².